The molecule has 0 bridgehead atoms. The van der Waals surface area contributed by atoms with Crippen molar-refractivity contribution >= 4 is 23.5 Å². The predicted molar refractivity (Wildman–Crippen MR) is 110 cm³/mol. The Morgan fingerprint density at radius 2 is 1.89 bits per heavy atom. The molecule has 1 aliphatic heterocycles. The molecule has 1 atom stereocenters. The molecule has 0 spiro atoms. The van der Waals surface area contributed by atoms with Crippen molar-refractivity contribution < 1.29 is 9.39 Å². The lowest BCUT2D eigenvalue weighted by Crippen LogP contribution is -2.40. The van der Waals surface area contributed by atoms with E-state index in [0.717, 1.165) is 25.2 Å². The molecule has 6 heteroatoms. The van der Waals surface area contributed by atoms with E-state index in [-0.39, 0.29) is 5.91 Å². The fraction of sp³-hybridized carbons (Fsp3) is 0.238. The first-order valence-corrected chi connectivity index (χ1v) is 8.97. The highest BCUT2D eigenvalue weighted by atomic mass is 16.1. The van der Waals surface area contributed by atoms with Gasteiger partial charge in [0.1, 0.15) is 19.3 Å². The van der Waals surface area contributed by atoms with Crippen LogP contribution < -0.4 is 11.1 Å². The number of carbonyl (C=O) groups excluding carboxylic acids is 1. The molecule has 1 unspecified atom stereocenters. The van der Waals surface area contributed by atoms with Gasteiger partial charge < -0.3 is 16.0 Å². The number of nitrogens with two attached hydrogens (primary N) is 1. The Hall–Kier alpha value is -2.96. The molecule has 0 fully saturated rings. The van der Waals surface area contributed by atoms with Gasteiger partial charge in [-0.05, 0) is 38.4 Å². The van der Waals surface area contributed by atoms with E-state index in [4.69, 9.17) is 5.73 Å². The van der Waals surface area contributed by atoms with Crippen LogP contribution in [0.2, 0.25) is 0 Å². The number of anilines is 2. The molecule has 6 nitrogen and oxygen atoms in total. The summed E-state index contributed by atoms with van der Waals surface area (Å²) in [5.74, 6) is -0.171. The molecule has 0 saturated heterocycles. The number of hydrogen-bond acceptors (Lipinski definition) is 4. The van der Waals surface area contributed by atoms with Gasteiger partial charge in [-0.1, -0.05) is 29.4 Å². The van der Waals surface area contributed by atoms with Crippen molar-refractivity contribution in [3.05, 3.63) is 71.9 Å². The topological polar surface area (TPSA) is 70.7 Å². The van der Waals surface area contributed by atoms with E-state index in [1.807, 2.05) is 48.7 Å². The fourth-order valence-corrected chi connectivity index (χ4v) is 2.97. The summed E-state index contributed by atoms with van der Waals surface area (Å²) in [7, 11) is 4.12. The molecule has 1 aliphatic rings. The van der Waals surface area contributed by atoms with Gasteiger partial charge in [0.05, 0.1) is 17.6 Å². The van der Waals surface area contributed by atoms with Crippen LogP contribution in [-0.4, -0.2) is 48.8 Å². The third kappa shape index (κ3) is 4.81. The van der Waals surface area contributed by atoms with E-state index < -0.39 is 0 Å². The number of nitrogen functional groups attached to an aromatic ring is 1. The molecule has 3 N–H and O–H groups in total. The van der Waals surface area contributed by atoms with Crippen LogP contribution in [0.3, 0.4) is 0 Å². The van der Waals surface area contributed by atoms with Crippen LogP contribution in [0.5, 0.6) is 0 Å². The highest BCUT2D eigenvalue weighted by molar-refractivity contribution is 6.05. The lowest BCUT2D eigenvalue weighted by Gasteiger charge is -2.27. The minimum atomic E-state index is -0.171. The number of allylic oxidation sites excluding steroid dienone is 1. The normalized spacial score (nSPS) is 18.2. The van der Waals surface area contributed by atoms with Gasteiger partial charge in [-0.3, -0.25) is 4.79 Å². The number of carbonyl (C=O) groups is 1. The minimum Gasteiger partial charge on any atom is -0.397 e. The average Bonchev–Trinajstić information content (AvgIpc) is 3.11. The Labute approximate surface area is 160 Å². The van der Waals surface area contributed by atoms with Gasteiger partial charge in [0.2, 0.25) is 0 Å². The van der Waals surface area contributed by atoms with E-state index >= 15 is 0 Å². The van der Waals surface area contributed by atoms with Gasteiger partial charge in [0, 0.05) is 23.7 Å². The maximum absolute atomic E-state index is 12.5. The number of nitrogens with one attached hydrogen (secondary N) is 1. The van der Waals surface area contributed by atoms with Gasteiger partial charge in [-0.2, -0.15) is 4.59 Å². The van der Waals surface area contributed by atoms with E-state index in [1.165, 1.54) is 0 Å². The van der Waals surface area contributed by atoms with E-state index in [1.54, 1.807) is 12.1 Å². The van der Waals surface area contributed by atoms with Gasteiger partial charge >= 0.3 is 0 Å². The van der Waals surface area contributed by atoms with Crippen molar-refractivity contribution in [1.29, 1.82) is 0 Å². The molecule has 1 amide bonds. The second-order valence-electron chi connectivity index (χ2n) is 7.02. The van der Waals surface area contributed by atoms with Gasteiger partial charge in [0.25, 0.3) is 5.91 Å². The first-order chi connectivity index (χ1) is 13.0. The van der Waals surface area contributed by atoms with Crippen molar-refractivity contribution in [1.82, 2.24) is 4.90 Å². The summed E-state index contributed by atoms with van der Waals surface area (Å²) < 4.78 is 0.546. The molecule has 0 aliphatic carbocycles. The zero-order valence-electron chi connectivity index (χ0n) is 15.8. The number of likely N-dealkylation sites (N-methyl/N-ethyl adjacent to an activating group) is 1. The van der Waals surface area contributed by atoms with Crippen LogP contribution in [0, 0.1) is 0 Å². The lowest BCUT2D eigenvalue weighted by atomic mass is 10.1. The number of benzene rings is 2. The standard InChI is InChI=1S/C21H25N5O/c1-25(2)13-15-26(14-5-12-23-26)16-17-8-10-18(11-9-17)21(27)24-20-7-4-3-6-19(20)22/h3-12,14H,13,15-16,22H2,1-2H3/p+1. The van der Waals surface area contributed by atoms with E-state index in [2.05, 4.69) is 35.6 Å². The molecule has 0 saturated carbocycles. The number of para-hydroxylation sites is 2. The molecule has 140 valence electrons. The van der Waals surface area contributed by atoms with E-state index in [0.29, 0.717) is 21.5 Å². The Bertz CT molecular complexity index is 843. The quantitative estimate of drug-likeness (QED) is 0.586. The number of rotatable bonds is 7. The molecular weight excluding hydrogens is 338 g/mol. The number of amides is 1. The molecule has 1 heterocycles. The summed E-state index contributed by atoms with van der Waals surface area (Å²) in [6.07, 6.45) is 5.95. The zero-order valence-corrected chi connectivity index (χ0v) is 15.8. The van der Waals surface area contributed by atoms with Gasteiger partial charge in [0.15, 0.2) is 0 Å². The molecule has 0 radical (unpaired) electrons. The first-order valence-electron chi connectivity index (χ1n) is 8.97. The Kier molecular flexibility index (Phi) is 5.69. The van der Waals surface area contributed by atoms with E-state index in [9.17, 15) is 4.79 Å². The maximum atomic E-state index is 12.5. The smallest absolute Gasteiger partial charge is 0.255 e. The largest absolute Gasteiger partial charge is 0.397 e. The van der Waals surface area contributed by atoms with Crippen LogP contribution in [0.4, 0.5) is 11.4 Å². The maximum Gasteiger partial charge on any atom is 0.255 e. The summed E-state index contributed by atoms with van der Waals surface area (Å²) in [6.45, 7) is 2.60. The lowest BCUT2D eigenvalue weighted by molar-refractivity contribution is -0.896. The molecule has 3 rings (SSSR count). The zero-order chi connectivity index (χ0) is 19.3. The predicted octanol–water partition coefficient (Wildman–Crippen LogP) is 2.91. The SMILES string of the molecule is CN(C)CC[N+]1(Cc2ccc(C(=O)Nc3ccccc3N)cc2)C=CC=N1. The van der Waals surface area contributed by atoms with Crippen LogP contribution in [-0.2, 0) is 6.54 Å². The monoisotopic (exact) mass is 364 g/mol. The third-order valence-corrected chi connectivity index (χ3v) is 4.56. The fourth-order valence-electron chi connectivity index (χ4n) is 2.97. The molecule has 2 aromatic rings. The Morgan fingerprint density at radius 3 is 2.52 bits per heavy atom. The molecule has 2 aromatic carbocycles. The van der Waals surface area contributed by atoms with Crippen molar-refractivity contribution in [3.63, 3.8) is 0 Å². The second kappa shape index (κ2) is 8.16. The summed E-state index contributed by atoms with van der Waals surface area (Å²) in [5, 5.41) is 7.49. The third-order valence-electron chi connectivity index (χ3n) is 4.56. The van der Waals surface area contributed by atoms with Gasteiger partial charge in [-0.15, -0.1) is 0 Å². The number of nitrogens with zero attached hydrogens (tertiary/aromatic N) is 3. The molecule has 27 heavy (non-hydrogen) atoms. The second-order valence-corrected chi connectivity index (χ2v) is 7.02. The van der Waals surface area contributed by atoms with Crippen molar-refractivity contribution in [2.75, 3.05) is 38.2 Å². The highest BCUT2D eigenvalue weighted by Gasteiger charge is 2.27. The van der Waals surface area contributed by atoms with Crippen molar-refractivity contribution in [3.8, 4) is 0 Å². The Morgan fingerprint density at radius 1 is 1.15 bits per heavy atom. The minimum absolute atomic E-state index is 0.171. The first kappa shape index (κ1) is 18.8. The highest BCUT2D eigenvalue weighted by Crippen LogP contribution is 2.21. The van der Waals surface area contributed by atoms with Gasteiger partial charge in [-0.25, -0.2) is 0 Å². The average molecular weight is 364 g/mol. The molecular formula is C21H26N5O+. The summed E-state index contributed by atoms with van der Waals surface area (Å²) in [4.78, 5) is 14.6. The summed E-state index contributed by atoms with van der Waals surface area (Å²) in [6, 6.07) is 14.9. The van der Waals surface area contributed by atoms with Crippen LogP contribution in [0.1, 0.15) is 15.9 Å². The summed E-state index contributed by atoms with van der Waals surface area (Å²) in [5.41, 5.74) is 8.79. The van der Waals surface area contributed by atoms with Crippen molar-refractivity contribution in [2.24, 2.45) is 5.10 Å². The van der Waals surface area contributed by atoms with Crippen LogP contribution >= 0.6 is 0 Å². The van der Waals surface area contributed by atoms with Crippen molar-refractivity contribution in [2.45, 2.75) is 6.54 Å². The number of quaternary nitrogens is 1. The van der Waals surface area contributed by atoms with Crippen LogP contribution in [0.25, 0.3) is 0 Å². The van der Waals surface area contributed by atoms with Crippen LogP contribution in [0.15, 0.2) is 65.9 Å². The Balaban J connectivity index is 1.68. The molecule has 0 aromatic heterocycles. The number of hydrogen-bond donors (Lipinski definition) is 2. The summed E-state index contributed by atoms with van der Waals surface area (Å²) >= 11 is 0.